The summed E-state index contributed by atoms with van der Waals surface area (Å²) in [4.78, 5) is 24.2. The van der Waals surface area contributed by atoms with Crippen molar-refractivity contribution in [1.82, 2.24) is 0 Å². The van der Waals surface area contributed by atoms with E-state index in [0.29, 0.717) is 34.2 Å². The number of rotatable bonds is 6. The molecule has 0 aliphatic rings. The highest BCUT2D eigenvalue weighted by Crippen LogP contribution is 2.27. The van der Waals surface area contributed by atoms with Crippen LogP contribution in [0.5, 0.6) is 11.5 Å². The molecule has 1 heterocycles. The van der Waals surface area contributed by atoms with Crippen molar-refractivity contribution in [3.63, 3.8) is 0 Å². The first-order chi connectivity index (χ1) is 14.4. The smallest absolute Gasteiger partial charge is 0.349 e. The van der Waals surface area contributed by atoms with Crippen molar-refractivity contribution < 1.29 is 23.8 Å². The topological polar surface area (TPSA) is 110 Å². The molecule has 30 heavy (non-hydrogen) atoms. The summed E-state index contributed by atoms with van der Waals surface area (Å²) in [5.74, 6) is -0.138. The summed E-state index contributed by atoms with van der Waals surface area (Å²) in [6.07, 6.45) is 1.98. The summed E-state index contributed by atoms with van der Waals surface area (Å²) in [5.41, 5.74) is 1.11. The number of esters is 1. The van der Waals surface area contributed by atoms with E-state index < -0.39 is 11.6 Å². The summed E-state index contributed by atoms with van der Waals surface area (Å²) >= 11 is 0. The molecule has 0 atom stereocenters. The minimum atomic E-state index is -0.816. The molecule has 0 fully saturated rings. The van der Waals surface area contributed by atoms with Crippen molar-refractivity contribution in [3.05, 3.63) is 75.1 Å². The fraction of sp³-hybridized carbons (Fsp3) is 0.174. The largest absolute Gasteiger partial charge is 0.508 e. The number of methoxy groups -OCH3 is 1. The van der Waals surface area contributed by atoms with E-state index in [4.69, 9.17) is 13.9 Å². The second-order valence-corrected chi connectivity index (χ2v) is 6.44. The van der Waals surface area contributed by atoms with Crippen LogP contribution in [0.25, 0.3) is 17.0 Å². The van der Waals surface area contributed by atoms with Gasteiger partial charge in [-0.05, 0) is 41.8 Å². The van der Waals surface area contributed by atoms with Gasteiger partial charge in [0.15, 0.2) is 0 Å². The Labute approximate surface area is 172 Å². The van der Waals surface area contributed by atoms with Gasteiger partial charge < -0.3 is 19.0 Å². The monoisotopic (exact) mass is 405 g/mol. The van der Waals surface area contributed by atoms with Crippen molar-refractivity contribution in [2.24, 2.45) is 0 Å². The maximum Gasteiger partial charge on any atom is 0.349 e. The average molecular weight is 405 g/mol. The van der Waals surface area contributed by atoms with E-state index in [1.165, 1.54) is 18.2 Å². The van der Waals surface area contributed by atoms with Crippen LogP contribution in [0, 0.1) is 11.3 Å². The van der Waals surface area contributed by atoms with Crippen LogP contribution in [0.1, 0.15) is 23.6 Å². The molecule has 152 valence electrons. The first-order valence-corrected chi connectivity index (χ1v) is 9.16. The van der Waals surface area contributed by atoms with E-state index in [1.807, 2.05) is 13.0 Å². The van der Waals surface area contributed by atoms with Crippen LogP contribution in [0.3, 0.4) is 0 Å². The zero-order valence-electron chi connectivity index (χ0n) is 16.5. The van der Waals surface area contributed by atoms with Crippen LogP contribution in [-0.4, -0.2) is 18.2 Å². The molecule has 7 heteroatoms. The van der Waals surface area contributed by atoms with E-state index in [2.05, 4.69) is 0 Å². The van der Waals surface area contributed by atoms with E-state index in [0.717, 1.165) is 0 Å². The summed E-state index contributed by atoms with van der Waals surface area (Å²) in [6, 6.07) is 12.9. The number of carbonyl (C=O) groups is 1. The second kappa shape index (κ2) is 8.97. The van der Waals surface area contributed by atoms with Gasteiger partial charge in [0.25, 0.3) is 0 Å². The number of hydrogen-bond donors (Lipinski definition) is 1. The van der Waals surface area contributed by atoms with Crippen LogP contribution >= 0.6 is 0 Å². The number of aromatic hydroxyl groups is 1. The number of hydrogen-bond acceptors (Lipinski definition) is 7. The van der Waals surface area contributed by atoms with Gasteiger partial charge in [0.05, 0.1) is 7.11 Å². The number of nitrogens with zero attached hydrogens (tertiary/aromatic N) is 1. The Hall–Kier alpha value is -4.05. The quantitative estimate of drug-likeness (QED) is 0.288. The van der Waals surface area contributed by atoms with Gasteiger partial charge in [-0.1, -0.05) is 19.1 Å². The third-order valence-corrected chi connectivity index (χ3v) is 4.54. The lowest BCUT2D eigenvalue weighted by molar-refractivity contribution is -0.139. The summed E-state index contributed by atoms with van der Waals surface area (Å²) < 4.78 is 15.5. The number of benzene rings is 2. The zero-order valence-corrected chi connectivity index (χ0v) is 16.5. The minimum absolute atomic E-state index is 0.0245. The molecule has 2 aromatic carbocycles. The number of aryl methyl sites for hydroxylation is 1. The van der Waals surface area contributed by atoms with Gasteiger partial charge >= 0.3 is 11.6 Å². The fourth-order valence-corrected chi connectivity index (χ4v) is 2.93. The van der Waals surface area contributed by atoms with Gasteiger partial charge in [0, 0.05) is 23.1 Å². The normalized spacial score (nSPS) is 11.2. The Bertz CT molecular complexity index is 1220. The highest BCUT2D eigenvalue weighted by molar-refractivity contribution is 5.98. The predicted octanol–water partition coefficient (Wildman–Crippen LogP) is 3.72. The second-order valence-electron chi connectivity index (χ2n) is 6.44. The van der Waals surface area contributed by atoms with Gasteiger partial charge in [-0.3, -0.25) is 0 Å². The summed E-state index contributed by atoms with van der Waals surface area (Å²) in [6.45, 7) is 1.65. The third-order valence-electron chi connectivity index (χ3n) is 4.54. The lowest BCUT2D eigenvalue weighted by Gasteiger charge is -2.09. The van der Waals surface area contributed by atoms with Crippen LogP contribution in [0.4, 0.5) is 0 Å². The van der Waals surface area contributed by atoms with Crippen LogP contribution in [0.15, 0.2) is 57.2 Å². The Balaban J connectivity index is 1.85. The number of carbonyl (C=O) groups excluding carboxylic acids is 1. The molecule has 7 nitrogen and oxygen atoms in total. The molecule has 0 radical (unpaired) electrons. The molecule has 0 amide bonds. The SMILES string of the molecule is CCc1cc2c(COC(=O)/C(C#N)=C/c3ccc(OC)cc3)cc(=O)oc2cc1O. The van der Waals surface area contributed by atoms with Crippen LogP contribution < -0.4 is 10.4 Å². The molecular weight excluding hydrogens is 386 g/mol. The third kappa shape index (κ3) is 4.50. The standard InChI is InChI=1S/C23H19NO6/c1-3-15-9-19-17(10-22(26)30-21(19)11-20(15)25)13-29-23(27)16(12-24)8-14-4-6-18(28-2)7-5-14/h4-11,25H,3,13H2,1-2H3/b16-8+. The summed E-state index contributed by atoms with van der Waals surface area (Å²) in [7, 11) is 1.54. The number of ether oxygens (including phenoxy) is 2. The molecule has 0 bridgehead atoms. The van der Waals surface area contributed by atoms with Gasteiger partial charge in [0.1, 0.15) is 35.3 Å². The van der Waals surface area contributed by atoms with Crippen LogP contribution in [-0.2, 0) is 22.6 Å². The van der Waals surface area contributed by atoms with Gasteiger partial charge in [-0.25, -0.2) is 9.59 Å². The average Bonchev–Trinajstić information content (AvgIpc) is 2.75. The molecule has 0 spiro atoms. The van der Waals surface area contributed by atoms with Crippen molar-refractivity contribution in [2.45, 2.75) is 20.0 Å². The van der Waals surface area contributed by atoms with Crippen molar-refractivity contribution >= 4 is 23.0 Å². The molecule has 0 aliphatic carbocycles. The Morgan fingerprint density at radius 2 is 1.93 bits per heavy atom. The molecule has 0 saturated heterocycles. The van der Waals surface area contributed by atoms with Crippen molar-refractivity contribution in [3.8, 4) is 17.6 Å². The highest BCUT2D eigenvalue weighted by Gasteiger charge is 2.15. The Kier molecular flexibility index (Phi) is 6.18. The molecule has 0 saturated carbocycles. The van der Waals surface area contributed by atoms with Crippen LogP contribution in [0.2, 0.25) is 0 Å². The van der Waals surface area contributed by atoms with E-state index in [1.54, 1.807) is 37.4 Å². The molecule has 1 N–H and O–H groups in total. The van der Waals surface area contributed by atoms with E-state index >= 15 is 0 Å². The Morgan fingerprint density at radius 3 is 2.57 bits per heavy atom. The number of nitriles is 1. The zero-order chi connectivity index (χ0) is 21.7. The lowest BCUT2D eigenvalue weighted by atomic mass is 10.0. The molecule has 3 rings (SSSR count). The van der Waals surface area contributed by atoms with Gasteiger partial charge in [-0.2, -0.15) is 5.26 Å². The Morgan fingerprint density at radius 1 is 1.20 bits per heavy atom. The fourth-order valence-electron chi connectivity index (χ4n) is 2.93. The van der Waals surface area contributed by atoms with Crippen molar-refractivity contribution in [1.29, 1.82) is 5.26 Å². The highest BCUT2D eigenvalue weighted by atomic mass is 16.5. The molecule has 3 aromatic rings. The molecule has 1 aromatic heterocycles. The van der Waals surface area contributed by atoms with Gasteiger partial charge in [0.2, 0.25) is 0 Å². The first kappa shape index (κ1) is 20.7. The van der Waals surface area contributed by atoms with E-state index in [-0.39, 0.29) is 23.5 Å². The first-order valence-electron chi connectivity index (χ1n) is 9.16. The predicted molar refractivity (Wildman–Crippen MR) is 110 cm³/mol. The molecule has 0 unspecified atom stereocenters. The number of phenolic OH excluding ortho intramolecular Hbond substituents is 1. The van der Waals surface area contributed by atoms with E-state index in [9.17, 15) is 20.0 Å². The molecular formula is C23H19NO6. The minimum Gasteiger partial charge on any atom is -0.508 e. The summed E-state index contributed by atoms with van der Waals surface area (Å²) in [5, 5.41) is 19.9. The maximum absolute atomic E-state index is 12.4. The number of fused-ring (bicyclic) bond motifs is 1. The number of phenols is 1. The maximum atomic E-state index is 12.4. The lowest BCUT2D eigenvalue weighted by Crippen LogP contribution is -2.09. The molecule has 0 aliphatic heterocycles. The van der Waals surface area contributed by atoms with Gasteiger partial charge in [-0.15, -0.1) is 0 Å². The van der Waals surface area contributed by atoms with Crippen molar-refractivity contribution in [2.75, 3.05) is 7.11 Å².